The lowest BCUT2D eigenvalue weighted by Gasteiger charge is -2.04. The normalized spacial score (nSPS) is 9.95. The molecule has 1 aromatic carbocycles. The molecule has 0 atom stereocenters. The second kappa shape index (κ2) is 5.26. The van der Waals surface area contributed by atoms with Crippen molar-refractivity contribution in [2.45, 2.75) is 0 Å². The number of amides is 1. The van der Waals surface area contributed by atoms with E-state index in [2.05, 4.69) is 10.3 Å². The van der Waals surface area contributed by atoms with Crippen LogP contribution in [0.2, 0.25) is 0 Å². The lowest BCUT2D eigenvalue weighted by atomic mass is 10.2. The largest absolute Gasteiger partial charge is 0.478 e. The van der Waals surface area contributed by atoms with Crippen molar-refractivity contribution in [3.05, 3.63) is 59.5 Å². The van der Waals surface area contributed by atoms with Crippen LogP contribution in [0.15, 0.2) is 42.6 Å². The molecule has 5 nitrogen and oxygen atoms in total. The van der Waals surface area contributed by atoms with Gasteiger partial charge in [0.2, 0.25) is 0 Å². The number of carboxylic acid groups (broad SMARTS) is 1. The van der Waals surface area contributed by atoms with Crippen LogP contribution in [-0.2, 0) is 0 Å². The van der Waals surface area contributed by atoms with Crippen molar-refractivity contribution in [2.24, 2.45) is 0 Å². The summed E-state index contributed by atoms with van der Waals surface area (Å²) >= 11 is 0. The zero-order chi connectivity index (χ0) is 13.8. The summed E-state index contributed by atoms with van der Waals surface area (Å²) in [5.74, 6) is -1.94. The lowest BCUT2D eigenvalue weighted by molar-refractivity contribution is 0.0696. The van der Waals surface area contributed by atoms with Gasteiger partial charge in [-0.2, -0.15) is 0 Å². The van der Waals surface area contributed by atoms with Gasteiger partial charge in [-0.05, 0) is 30.3 Å². The standard InChI is InChI=1S/C13H9FN2O3/c14-10-3-1-2-8(6-10)12(17)16-11-5-4-9(7-15-11)13(18)19/h1-7H,(H,18,19)(H,15,16,17). The summed E-state index contributed by atoms with van der Waals surface area (Å²) in [5.41, 5.74) is 0.174. The van der Waals surface area contributed by atoms with Crippen LogP contribution >= 0.6 is 0 Å². The Kier molecular flexibility index (Phi) is 3.51. The van der Waals surface area contributed by atoms with E-state index in [-0.39, 0.29) is 16.9 Å². The Hall–Kier alpha value is -2.76. The highest BCUT2D eigenvalue weighted by atomic mass is 19.1. The highest BCUT2D eigenvalue weighted by Gasteiger charge is 2.08. The minimum absolute atomic E-state index is 0.0174. The molecule has 1 amide bonds. The van der Waals surface area contributed by atoms with Crippen LogP contribution < -0.4 is 5.32 Å². The number of carbonyl (C=O) groups is 2. The summed E-state index contributed by atoms with van der Waals surface area (Å²) in [6.07, 6.45) is 1.13. The van der Waals surface area contributed by atoms with E-state index >= 15 is 0 Å². The summed E-state index contributed by atoms with van der Waals surface area (Å²) in [4.78, 5) is 26.2. The number of nitrogens with one attached hydrogen (secondary N) is 1. The molecule has 0 radical (unpaired) electrons. The minimum Gasteiger partial charge on any atom is -0.478 e. The van der Waals surface area contributed by atoms with Crippen molar-refractivity contribution >= 4 is 17.7 Å². The molecule has 0 bridgehead atoms. The molecule has 0 fully saturated rings. The fourth-order valence-electron chi connectivity index (χ4n) is 1.41. The second-order valence-electron chi connectivity index (χ2n) is 3.70. The maximum atomic E-state index is 12.9. The van der Waals surface area contributed by atoms with Crippen molar-refractivity contribution in [1.29, 1.82) is 0 Å². The van der Waals surface area contributed by atoms with E-state index in [0.717, 1.165) is 12.3 Å². The average molecular weight is 260 g/mol. The first-order chi connectivity index (χ1) is 9.06. The van der Waals surface area contributed by atoms with Crippen molar-refractivity contribution in [2.75, 3.05) is 5.32 Å². The van der Waals surface area contributed by atoms with Crippen LogP contribution in [0.25, 0.3) is 0 Å². The highest BCUT2D eigenvalue weighted by Crippen LogP contribution is 2.09. The van der Waals surface area contributed by atoms with E-state index in [1.807, 2.05) is 0 Å². The SMILES string of the molecule is O=C(O)c1ccc(NC(=O)c2cccc(F)c2)nc1. The third-order valence-corrected chi connectivity index (χ3v) is 2.34. The topological polar surface area (TPSA) is 79.3 Å². The molecule has 0 saturated heterocycles. The number of carbonyl (C=O) groups excluding carboxylic acids is 1. The van der Waals surface area contributed by atoms with E-state index in [4.69, 9.17) is 5.11 Å². The number of rotatable bonds is 3. The molecule has 0 unspecified atom stereocenters. The van der Waals surface area contributed by atoms with Crippen LogP contribution in [0.3, 0.4) is 0 Å². The van der Waals surface area contributed by atoms with Gasteiger partial charge in [0, 0.05) is 11.8 Å². The number of hydrogen-bond donors (Lipinski definition) is 2. The first-order valence-corrected chi connectivity index (χ1v) is 5.32. The Bertz CT molecular complexity index is 626. The molecule has 0 aliphatic rings. The summed E-state index contributed by atoms with van der Waals surface area (Å²) in [6.45, 7) is 0. The molecular formula is C13H9FN2O3. The van der Waals surface area contributed by atoms with Crippen LogP contribution in [0.5, 0.6) is 0 Å². The number of hydrogen-bond acceptors (Lipinski definition) is 3. The van der Waals surface area contributed by atoms with Crippen molar-refractivity contribution in [3.8, 4) is 0 Å². The number of benzene rings is 1. The molecule has 19 heavy (non-hydrogen) atoms. The van der Waals surface area contributed by atoms with E-state index in [0.29, 0.717) is 0 Å². The van der Waals surface area contributed by atoms with Crippen molar-refractivity contribution in [3.63, 3.8) is 0 Å². The van der Waals surface area contributed by atoms with Gasteiger partial charge in [0.05, 0.1) is 5.56 Å². The Labute approximate surface area is 107 Å². The monoisotopic (exact) mass is 260 g/mol. The number of aromatic carboxylic acids is 1. The number of halogens is 1. The molecule has 0 aliphatic heterocycles. The molecule has 2 rings (SSSR count). The predicted molar refractivity (Wildman–Crippen MR) is 65.5 cm³/mol. The van der Waals surface area contributed by atoms with E-state index in [1.165, 1.54) is 30.3 Å². The number of nitrogens with zero attached hydrogens (tertiary/aromatic N) is 1. The molecule has 0 aliphatic carbocycles. The second-order valence-corrected chi connectivity index (χ2v) is 3.70. The number of carboxylic acids is 1. The third-order valence-electron chi connectivity index (χ3n) is 2.34. The summed E-state index contributed by atoms with van der Waals surface area (Å²) in [6, 6.07) is 7.89. The molecule has 0 spiro atoms. The zero-order valence-electron chi connectivity index (χ0n) is 9.63. The Morgan fingerprint density at radius 2 is 1.95 bits per heavy atom. The van der Waals surface area contributed by atoms with Gasteiger partial charge in [-0.25, -0.2) is 14.2 Å². The van der Waals surface area contributed by atoms with Gasteiger partial charge in [0.15, 0.2) is 0 Å². The highest BCUT2D eigenvalue weighted by molar-refractivity contribution is 6.03. The quantitative estimate of drug-likeness (QED) is 0.886. The van der Waals surface area contributed by atoms with Crippen LogP contribution in [0, 0.1) is 5.82 Å². The fraction of sp³-hybridized carbons (Fsp3) is 0. The minimum atomic E-state index is -1.10. The maximum absolute atomic E-state index is 12.9. The van der Waals surface area contributed by atoms with Gasteiger partial charge in [-0.15, -0.1) is 0 Å². The van der Waals surface area contributed by atoms with Crippen LogP contribution in [0.4, 0.5) is 10.2 Å². The first-order valence-electron chi connectivity index (χ1n) is 5.32. The number of anilines is 1. The van der Waals surface area contributed by atoms with Crippen molar-refractivity contribution < 1.29 is 19.1 Å². The van der Waals surface area contributed by atoms with Crippen LogP contribution in [0.1, 0.15) is 20.7 Å². The Balaban J connectivity index is 2.13. The number of pyridine rings is 1. The third kappa shape index (κ3) is 3.12. The first kappa shape index (κ1) is 12.7. The summed E-state index contributed by atoms with van der Waals surface area (Å²) in [7, 11) is 0. The number of aromatic nitrogens is 1. The predicted octanol–water partition coefficient (Wildman–Crippen LogP) is 2.17. The maximum Gasteiger partial charge on any atom is 0.337 e. The Morgan fingerprint density at radius 3 is 2.53 bits per heavy atom. The Morgan fingerprint density at radius 1 is 1.16 bits per heavy atom. The molecular weight excluding hydrogens is 251 g/mol. The molecule has 96 valence electrons. The van der Waals surface area contributed by atoms with Crippen LogP contribution in [-0.4, -0.2) is 22.0 Å². The van der Waals surface area contributed by atoms with Gasteiger partial charge < -0.3 is 10.4 Å². The van der Waals surface area contributed by atoms with Gasteiger partial charge in [-0.1, -0.05) is 6.07 Å². The smallest absolute Gasteiger partial charge is 0.337 e. The van der Waals surface area contributed by atoms with Gasteiger partial charge in [-0.3, -0.25) is 4.79 Å². The van der Waals surface area contributed by atoms with Gasteiger partial charge in [0.1, 0.15) is 11.6 Å². The summed E-state index contributed by atoms with van der Waals surface area (Å²) in [5, 5.41) is 11.1. The lowest BCUT2D eigenvalue weighted by Crippen LogP contribution is -2.13. The van der Waals surface area contributed by atoms with Gasteiger partial charge >= 0.3 is 5.97 Å². The summed E-state index contributed by atoms with van der Waals surface area (Å²) < 4.78 is 12.9. The molecule has 0 saturated carbocycles. The van der Waals surface area contributed by atoms with Gasteiger partial charge in [0.25, 0.3) is 5.91 Å². The molecule has 1 aromatic heterocycles. The van der Waals surface area contributed by atoms with E-state index in [1.54, 1.807) is 0 Å². The van der Waals surface area contributed by atoms with Crippen molar-refractivity contribution in [1.82, 2.24) is 4.98 Å². The van der Waals surface area contributed by atoms with E-state index < -0.39 is 17.7 Å². The molecule has 6 heteroatoms. The molecule has 2 aromatic rings. The fourth-order valence-corrected chi connectivity index (χ4v) is 1.41. The van der Waals surface area contributed by atoms with E-state index in [9.17, 15) is 14.0 Å². The zero-order valence-corrected chi connectivity index (χ0v) is 9.63. The molecule has 2 N–H and O–H groups in total. The molecule has 1 heterocycles. The average Bonchev–Trinajstić information content (AvgIpc) is 2.39.